The third kappa shape index (κ3) is 4.54. The van der Waals surface area contributed by atoms with Crippen LogP contribution in [0.1, 0.15) is 52.6 Å². The van der Waals surface area contributed by atoms with Crippen molar-refractivity contribution in [1.82, 2.24) is 19.5 Å². The first-order chi connectivity index (χ1) is 16.0. The monoisotopic (exact) mass is 508 g/mol. The lowest BCUT2D eigenvalue weighted by atomic mass is 9.98. The Balaban J connectivity index is 1.79. The summed E-state index contributed by atoms with van der Waals surface area (Å²) in [6.45, 7) is 4.28. The molecule has 1 amide bonds. The van der Waals surface area contributed by atoms with Gasteiger partial charge in [0.2, 0.25) is 10.0 Å². The Bertz CT molecular complexity index is 1390. The molecule has 1 fully saturated rings. The zero-order valence-electron chi connectivity index (χ0n) is 19.3. The number of halogens is 2. The van der Waals surface area contributed by atoms with Gasteiger partial charge in [0.25, 0.3) is 5.91 Å². The second-order valence-electron chi connectivity index (χ2n) is 8.45. The molecule has 0 bridgehead atoms. The number of rotatable bonds is 5. The fourth-order valence-corrected chi connectivity index (χ4v) is 5.24. The van der Waals surface area contributed by atoms with Crippen molar-refractivity contribution in [3.63, 3.8) is 0 Å². The van der Waals surface area contributed by atoms with Crippen LogP contribution >= 0.6 is 11.6 Å². The molecule has 34 heavy (non-hydrogen) atoms. The van der Waals surface area contributed by atoms with E-state index < -0.39 is 21.7 Å². The summed E-state index contributed by atoms with van der Waals surface area (Å²) in [5.41, 5.74) is 2.85. The Hall–Kier alpha value is -2.92. The summed E-state index contributed by atoms with van der Waals surface area (Å²) in [5.74, 6) is -0.454. The quantitative estimate of drug-likeness (QED) is 0.540. The summed E-state index contributed by atoms with van der Waals surface area (Å²) in [6.07, 6.45) is 3.23. The molecule has 0 radical (unpaired) electrons. The molecule has 1 aromatic carbocycles. The number of aromatic nitrogens is 3. The SMILES string of the molecule is CNc1c(C)c(C)nc2cc(C3CCCCN3C(=O)c3cc(F)cc(Cl)c3NS(C)(=O)=O)nn12. The zero-order chi connectivity index (χ0) is 24.8. The van der Waals surface area contributed by atoms with Crippen LogP contribution < -0.4 is 10.0 Å². The van der Waals surface area contributed by atoms with Crippen molar-refractivity contribution in [2.75, 3.05) is 29.9 Å². The first kappa shape index (κ1) is 24.2. The number of anilines is 2. The molecule has 1 atom stereocenters. The van der Waals surface area contributed by atoms with Crippen molar-refractivity contribution < 1.29 is 17.6 Å². The minimum atomic E-state index is -3.76. The standard InChI is InChI=1S/C22H26ClFN6O3S/c1-12-13(2)26-19-11-17(27-30(19)21(12)25-3)18-7-5-6-8-29(18)22(31)15-9-14(24)10-16(23)20(15)28-34(4,32)33/h9-11,18,25,28H,5-8H2,1-4H3. The van der Waals surface area contributed by atoms with Crippen LogP contribution in [-0.2, 0) is 10.0 Å². The van der Waals surface area contributed by atoms with Gasteiger partial charge in [-0.2, -0.15) is 9.61 Å². The molecule has 0 aliphatic carbocycles. The number of hydrogen-bond donors (Lipinski definition) is 2. The molecule has 1 saturated heterocycles. The number of fused-ring (bicyclic) bond motifs is 1. The molecule has 3 heterocycles. The van der Waals surface area contributed by atoms with Gasteiger partial charge in [0, 0.05) is 30.9 Å². The van der Waals surface area contributed by atoms with Gasteiger partial charge in [-0.05, 0) is 45.2 Å². The van der Waals surface area contributed by atoms with E-state index in [0.29, 0.717) is 24.3 Å². The third-order valence-corrected chi connectivity index (χ3v) is 6.89. The van der Waals surface area contributed by atoms with E-state index in [1.54, 1.807) is 9.42 Å². The largest absolute Gasteiger partial charge is 0.373 e. The maximum Gasteiger partial charge on any atom is 0.256 e. The highest BCUT2D eigenvalue weighted by Gasteiger charge is 2.33. The van der Waals surface area contributed by atoms with Gasteiger partial charge in [-0.1, -0.05) is 11.6 Å². The molecule has 9 nitrogen and oxygen atoms in total. The normalized spacial score (nSPS) is 16.6. The minimum Gasteiger partial charge on any atom is -0.373 e. The van der Waals surface area contributed by atoms with Crippen molar-refractivity contribution in [3.05, 3.63) is 51.6 Å². The van der Waals surface area contributed by atoms with Crippen LogP contribution in [0.2, 0.25) is 5.02 Å². The van der Waals surface area contributed by atoms with Gasteiger partial charge >= 0.3 is 0 Å². The van der Waals surface area contributed by atoms with Gasteiger partial charge in [-0.25, -0.2) is 17.8 Å². The Morgan fingerprint density at radius 1 is 1.24 bits per heavy atom. The van der Waals surface area contributed by atoms with Crippen molar-refractivity contribution in [1.29, 1.82) is 0 Å². The van der Waals surface area contributed by atoms with Crippen LogP contribution in [0.15, 0.2) is 18.2 Å². The Morgan fingerprint density at radius 3 is 2.65 bits per heavy atom. The molecule has 1 unspecified atom stereocenters. The second kappa shape index (κ2) is 9.03. The lowest BCUT2D eigenvalue weighted by molar-refractivity contribution is 0.0606. The molecule has 2 aromatic heterocycles. The first-order valence-corrected chi connectivity index (χ1v) is 13.1. The number of sulfonamides is 1. The lowest BCUT2D eigenvalue weighted by Gasteiger charge is -2.35. The van der Waals surface area contributed by atoms with E-state index in [9.17, 15) is 17.6 Å². The molecule has 0 saturated carbocycles. The zero-order valence-corrected chi connectivity index (χ0v) is 20.9. The number of benzene rings is 1. The van der Waals surface area contributed by atoms with Crippen molar-refractivity contribution >= 4 is 44.7 Å². The number of carbonyl (C=O) groups is 1. The van der Waals surface area contributed by atoms with Crippen LogP contribution in [0.4, 0.5) is 15.9 Å². The maximum atomic E-state index is 14.2. The van der Waals surface area contributed by atoms with E-state index in [4.69, 9.17) is 16.7 Å². The number of carbonyl (C=O) groups excluding carboxylic acids is 1. The summed E-state index contributed by atoms with van der Waals surface area (Å²) in [6, 6.07) is 3.43. The number of nitrogens with one attached hydrogen (secondary N) is 2. The summed E-state index contributed by atoms with van der Waals surface area (Å²) in [7, 11) is -1.95. The van der Waals surface area contributed by atoms with Crippen LogP contribution in [0.5, 0.6) is 0 Å². The highest BCUT2D eigenvalue weighted by molar-refractivity contribution is 7.92. The fourth-order valence-electron chi connectivity index (χ4n) is 4.34. The first-order valence-electron chi connectivity index (χ1n) is 10.8. The number of piperidine rings is 1. The smallest absolute Gasteiger partial charge is 0.256 e. The average molecular weight is 509 g/mol. The summed E-state index contributed by atoms with van der Waals surface area (Å²) in [4.78, 5) is 19.9. The van der Waals surface area contributed by atoms with Crippen molar-refractivity contribution in [2.45, 2.75) is 39.2 Å². The molecule has 3 aromatic rings. The number of likely N-dealkylation sites (tertiary alicyclic amines) is 1. The van der Waals surface area contributed by atoms with Crippen LogP contribution in [0.3, 0.4) is 0 Å². The van der Waals surface area contributed by atoms with Gasteiger partial charge in [0.05, 0.1) is 34.3 Å². The van der Waals surface area contributed by atoms with E-state index in [-0.39, 0.29) is 22.3 Å². The van der Waals surface area contributed by atoms with Crippen LogP contribution in [-0.4, -0.2) is 53.7 Å². The van der Waals surface area contributed by atoms with Gasteiger partial charge < -0.3 is 10.2 Å². The summed E-state index contributed by atoms with van der Waals surface area (Å²) >= 11 is 6.12. The third-order valence-electron chi connectivity index (χ3n) is 6.02. The topological polar surface area (TPSA) is 109 Å². The molecule has 1 aliphatic rings. The van der Waals surface area contributed by atoms with Gasteiger partial charge in [0.1, 0.15) is 11.6 Å². The molecule has 2 N–H and O–H groups in total. The molecular weight excluding hydrogens is 483 g/mol. The number of amides is 1. The van der Waals surface area contributed by atoms with E-state index in [1.165, 1.54) is 0 Å². The number of nitrogens with zero attached hydrogens (tertiary/aromatic N) is 4. The number of aryl methyl sites for hydroxylation is 1. The summed E-state index contributed by atoms with van der Waals surface area (Å²) < 4.78 is 41.9. The van der Waals surface area contributed by atoms with Gasteiger partial charge in [-0.3, -0.25) is 9.52 Å². The number of hydrogen-bond acceptors (Lipinski definition) is 6. The predicted molar refractivity (Wildman–Crippen MR) is 130 cm³/mol. The maximum absolute atomic E-state index is 14.2. The lowest BCUT2D eigenvalue weighted by Crippen LogP contribution is -2.39. The predicted octanol–water partition coefficient (Wildman–Crippen LogP) is 3.92. The highest BCUT2D eigenvalue weighted by Crippen LogP contribution is 2.36. The van der Waals surface area contributed by atoms with Crippen molar-refractivity contribution in [2.24, 2.45) is 0 Å². The Morgan fingerprint density at radius 2 is 1.97 bits per heavy atom. The van der Waals surface area contributed by atoms with E-state index in [2.05, 4.69) is 15.0 Å². The molecule has 1 aliphatic heterocycles. The molecule has 0 spiro atoms. The van der Waals surface area contributed by atoms with E-state index in [0.717, 1.165) is 48.3 Å². The molecule has 12 heteroatoms. The Kier molecular flexibility index (Phi) is 6.43. The van der Waals surface area contributed by atoms with Crippen LogP contribution in [0.25, 0.3) is 5.65 Å². The van der Waals surface area contributed by atoms with Gasteiger partial charge in [0.15, 0.2) is 5.65 Å². The van der Waals surface area contributed by atoms with Crippen molar-refractivity contribution in [3.8, 4) is 0 Å². The van der Waals surface area contributed by atoms with E-state index in [1.807, 2.05) is 27.0 Å². The molecule has 4 rings (SSSR count). The Labute approximate surface area is 202 Å². The van der Waals surface area contributed by atoms with Gasteiger partial charge in [-0.15, -0.1) is 0 Å². The average Bonchev–Trinajstić information content (AvgIpc) is 3.18. The minimum absolute atomic E-state index is 0.139. The second-order valence-corrected chi connectivity index (χ2v) is 10.6. The van der Waals surface area contributed by atoms with E-state index >= 15 is 0 Å². The fraction of sp³-hybridized carbons (Fsp3) is 0.409. The molecular formula is C22H26ClFN6O3S. The summed E-state index contributed by atoms with van der Waals surface area (Å²) in [5, 5.41) is 7.70. The highest BCUT2D eigenvalue weighted by atomic mass is 35.5. The molecule has 182 valence electrons. The van der Waals surface area contributed by atoms with Crippen LogP contribution in [0, 0.1) is 19.7 Å².